The van der Waals surface area contributed by atoms with Gasteiger partial charge in [-0.3, -0.25) is 14.6 Å². The van der Waals surface area contributed by atoms with Crippen LogP contribution in [0.1, 0.15) is 26.5 Å². The van der Waals surface area contributed by atoms with Crippen molar-refractivity contribution >= 4 is 22.5 Å². The van der Waals surface area contributed by atoms with Crippen LogP contribution >= 0.6 is 0 Å². The summed E-state index contributed by atoms with van der Waals surface area (Å²) in [6.07, 6.45) is 3.19. The summed E-state index contributed by atoms with van der Waals surface area (Å²) in [4.78, 5) is 31.9. The van der Waals surface area contributed by atoms with Gasteiger partial charge in [-0.1, -0.05) is 18.2 Å². The van der Waals surface area contributed by atoms with E-state index >= 15 is 0 Å². The fourth-order valence-corrected chi connectivity index (χ4v) is 3.18. The molecule has 28 heavy (non-hydrogen) atoms. The lowest BCUT2D eigenvalue weighted by Crippen LogP contribution is -2.40. The Labute approximate surface area is 165 Å². The van der Waals surface area contributed by atoms with Crippen molar-refractivity contribution in [3.05, 3.63) is 63.9 Å². The van der Waals surface area contributed by atoms with Gasteiger partial charge in [0.05, 0.1) is 42.3 Å². The van der Waals surface area contributed by atoms with E-state index in [1.54, 1.807) is 31.2 Å². The lowest BCUT2D eigenvalue weighted by atomic mass is 9.98. The quantitative estimate of drug-likeness (QED) is 0.851. The molecule has 0 aliphatic carbocycles. The molecule has 2 N–H and O–H groups in total. The third-order valence-electron chi connectivity index (χ3n) is 4.62. The number of hydrogen-bond acceptors (Lipinski definition) is 5. The molecule has 143 valence electrons. The van der Waals surface area contributed by atoms with Gasteiger partial charge in [-0.2, -0.15) is 10.5 Å². The minimum atomic E-state index is -0.447. The number of rotatable bonds is 4. The van der Waals surface area contributed by atoms with Crippen LogP contribution in [0.3, 0.4) is 0 Å². The first-order valence-electron chi connectivity index (χ1n) is 8.77. The Morgan fingerprint density at radius 2 is 2.21 bits per heavy atom. The van der Waals surface area contributed by atoms with Crippen LogP contribution in [0.5, 0.6) is 0 Å². The van der Waals surface area contributed by atoms with Gasteiger partial charge in [0.15, 0.2) is 0 Å². The van der Waals surface area contributed by atoms with Crippen LogP contribution in [-0.4, -0.2) is 22.6 Å². The molecule has 2 atom stereocenters. The maximum absolute atomic E-state index is 12.5. The summed E-state index contributed by atoms with van der Waals surface area (Å²) in [5.41, 5.74) is 1.96. The Balaban J connectivity index is 0.00000225. The number of nitrogens with zero attached hydrogens (tertiary/aromatic N) is 3. The average Bonchev–Trinajstić information content (AvgIpc) is 2.69. The third kappa shape index (κ3) is 3.70. The van der Waals surface area contributed by atoms with E-state index in [2.05, 4.69) is 27.4 Å². The summed E-state index contributed by atoms with van der Waals surface area (Å²) in [5.74, 6) is -0.759. The molecule has 1 radical (unpaired) electrons. The van der Waals surface area contributed by atoms with Crippen molar-refractivity contribution in [1.82, 2.24) is 10.3 Å². The summed E-state index contributed by atoms with van der Waals surface area (Å²) in [5, 5.41) is 21.9. The number of amides is 1. The molecule has 1 aliphatic heterocycles. The first-order chi connectivity index (χ1) is 13.4. The van der Waals surface area contributed by atoms with Gasteiger partial charge in [-0.05, 0) is 31.6 Å². The van der Waals surface area contributed by atoms with Crippen LogP contribution in [-0.2, 0) is 11.2 Å². The van der Waals surface area contributed by atoms with Gasteiger partial charge in [-0.15, -0.1) is 0 Å². The van der Waals surface area contributed by atoms with Gasteiger partial charge < -0.3 is 10.3 Å². The molecule has 3 rings (SSSR count). The third-order valence-corrected chi connectivity index (χ3v) is 4.62. The molecule has 1 unspecified atom stereocenters. The lowest BCUT2D eigenvalue weighted by Gasteiger charge is -2.17. The number of nitriles is 2. The topological polar surface area (TPSA) is 122 Å². The summed E-state index contributed by atoms with van der Waals surface area (Å²) in [7, 11) is 0. The Kier molecular flexibility index (Phi) is 5.37. The Morgan fingerprint density at radius 3 is 2.86 bits per heavy atom. The highest BCUT2D eigenvalue weighted by Gasteiger charge is 2.20. The average molecular weight is 376 g/mol. The maximum Gasteiger partial charge on any atom is 0.253 e. The van der Waals surface area contributed by atoms with Gasteiger partial charge in [0.1, 0.15) is 6.07 Å². The van der Waals surface area contributed by atoms with Crippen molar-refractivity contribution in [2.24, 2.45) is 10.9 Å². The minimum Gasteiger partial charge on any atom is -0.348 e. The number of aryl methyl sites for hydroxylation is 1. The van der Waals surface area contributed by atoms with Crippen LogP contribution < -0.4 is 10.9 Å². The van der Waals surface area contributed by atoms with Gasteiger partial charge in [0, 0.05) is 19.3 Å². The Morgan fingerprint density at radius 1 is 1.43 bits per heavy atom. The van der Waals surface area contributed by atoms with E-state index in [4.69, 9.17) is 5.26 Å². The van der Waals surface area contributed by atoms with Crippen molar-refractivity contribution in [3.63, 3.8) is 0 Å². The smallest absolute Gasteiger partial charge is 0.253 e. The normalized spacial score (nSPS) is 16.7. The van der Waals surface area contributed by atoms with E-state index in [0.29, 0.717) is 16.6 Å². The number of pyridine rings is 1. The van der Waals surface area contributed by atoms with Gasteiger partial charge in [0.25, 0.3) is 5.56 Å². The molecule has 0 saturated heterocycles. The van der Waals surface area contributed by atoms with Crippen molar-refractivity contribution in [2.45, 2.75) is 26.3 Å². The Hall–Kier alpha value is -3.71. The molecule has 1 amide bonds. The highest BCUT2D eigenvalue weighted by molar-refractivity contribution is 6.02. The first-order valence-corrected chi connectivity index (χ1v) is 8.77. The lowest BCUT2D eigenvalue weighted by molar-refractivity contribution is -0.120. The van der Waals surface area contributed by atoms with E-state index < -0.39 is 11.6 Å². The van der Waals surface area contributed by atoms with Crippen molar-refractivity contribution < 1.29 is 7.65 Å². The van der Waals surface area contributed by atoms with Crippen LogP contribution in [0.2, 0.25) is 0 Å². The van der Waals surface area contributed by atoms with E-state index in [0.717, 1.165) is 5.56 Å². The SMILES string of the molecule is Cc1cccc2[nH]c(=O)c(CC(=O)N[C@H](C)C3=N[CH]C(C#N)C=C3)c(C#N)c12.[HH].[HH]. The summed E-state index contributed by atoms with van der Waals surface area (Å²) in [6.45, 7) is 5.14. The highest BCUT2D eigenvalue weighted by atomic mass is 16.2. The van der Waals surface area contributed by atoms with E-state index in [1.807, 2.05) is 13.0 Å². The standard InChI is InChI=1S/C21H18N5O2.2H2/c1-12-4-3-5-18-20(12)16(10-23)15(21(28)26-18)8-19(27)25-13(2)17-7-6-14(9-22)11-24-17;;/h3-7,11,13-14H,8H2,1-2H3,(H,25,27)(H,26,28);2*1H/t13-,14?;;/m1../s1. The second kappa shape index (κ2) is 7.89. The van der Waals surface area contributed by atoms with Crippen molar-refractivity contribution in [1.29, 1.82) is 10.5 Å². The molecule has 2 heterocycles. The van der Waals surface area contributed by atoms with Crippen LogP contribution in [0, 0.1) is 42.0 Å². The number of hydrogen-bond donors (Lipinski definition) is 2. The van der Waals surface area contributed by atoms with Crippen LogP contribution in [0.4, 0.5) is 0 Å². The number of carbonyl (C=O) groups excluding carboxylic acids is 1. The molecule has 2 aromatic rings. The number of aliphatic imine (C=N–C) groups is 1. The summed E-state index contributed by atoms with van der Waals surface area (Å²) >= 11 is 0. The molecular weight excluding hydrogens is 354 g/mol. The molecule has 7 nitrogen and oxygen atoms in total. The largest absolute Gasteiger partial charge is 0.348 e. The summed E-state index contributed by atoms with van der Waals surface area (Å²) in [6, 6.07) is 9.14. The van der Waals surface area contributed by atoms with Crippen molar-refractivity contribution in [3.8, 4) is 12.1 Å². The molecule has 1 aromatic carbocycles. The van der Waals surface area contributed by atoms with Gasteiger partial charge in [-0.25, -0.2) is 0 Å². The zero-order valence-electron chi connectivity index (χ0n) is 15.5. The highest BCUT2D eigenvalue weighted by Crippen LogP contribution is 2.21. The molecule has 0 bridgehead atoms. The fraction of sp³-hybridized carbons (Fsp3) is 0.238. The number of H-pyrrole nitrogens is 1. The Bertz CT molecular complexity index is 1150. The molecule has 0 spiro atoms. The number of aromatic amines is 1. The van der Waals surface area contributed by atoms with Crippen LogP contribution in [0.15, 0.2) is 40.1 Å². The number of carbonyl (C=O) groups is 1. The summed E-state index contributed by atoms with van der Waals surface area (Å²) < 4.78 is 0. The van der Waals surface area contributed by atoms with Crippen molar-refractivity contribution in [2.75, 3.05) is 0 Å². The zero-order chi connectivity index (χ0) is 20.3. The molecule has 0 fully saturated rings. The predicted octanol–water partition coefficient (Wildman–Crippen LogP) is 2.56. The second-order valence-electron chi connectivity index (χ2n) is 6.60. The number of nitrogens with one attached hydrogen (secondary N) is 2. The monoisotopic (exact) mass is 376 g/mol. The molecule has 0 saturated carbocycles. The fourth-order valence-electron chi connectivity index (χ4n) is 3.18. The maximum atomic E-state index is 12.5. The van der Waals surface area contributed by atoms with Crippen LogP contribution in [0.25, 0.3) is 10.9 Å². The van der Waals surface area contributed by atoms with E-state index in [1.165, 1.54) is 6.54 Å². The minimum absolute atomic E-state index is 0. The van der Waals surface area contributed by atoms with Gasteiger partial charge in [0.2, 0.25) is 5.91 Å². The number of benzene rings is 1. The molecule has 1 aromatic heterocycles. The van der Waals surface area contributed by atoms with E-state index in [-0.39, 0.29) is 32.2 Å². The van der Waals surface area contributed by atoms with Gasteiger partial charge >= 0.3 is 0 Å². The number of dihydropyridines is 1. The number of fused-ring (bicyclic) bond motifs is 1. The first kappa shape index (κ1) is 19.1. The predicted molar refractivity (Wildman–Crippen MR) is 110 cm³/mol. The number of aromatic nitrogens is 1. The molecule has 7 heteroatoms. The zero-order valence-corrected chi connectivity index (χ0v) is 15.5. The second-order valence-corrected chi connectivity index (χ2v) is 6.60. The molecular formula is C21H22N5O2. The molecule has 1 aliphatic rings. The van der Waals surface area contributed by atoms with E-state index in [9.17, 15) is 14.9 Å².